The van der Waals surface area contributed by atoms with E-state index >= 15 is 0 Å². The number of ether oxygens (including phenoxy) is 1. The first-order valence-corrected chi connectivity index (χ1v) is 6.08. The molecule has 0 bridgehead atoms. The third-order valence-corrected chi connectivity index (χ3v) is 2.54. The summed E-state index contributed by atoms with van der Waals surface area (Å²) >= 11 is 5.60. The van der Waals surface area contributed by atoms with Crippen LogP contribution in [-0.4, -0.2) is 30.0 Å². The molecule has 0 spiro atoms. The third kappa shape index (κ3) is 5.24. The second-order valence-corrected chi connectivity index (χ2v) is 4.40. The van der Waals surface area contributed by atoms with Gasteiger partial charge >= 0.3 is 12.4 Å². The first kappa shape index (κ1) is 17.8. The van der Waals surface area contributed by atoms with E-state index in [2.05, 4.69) is 15.0 Å². The summed E-state index contributed by atoms with van der Waals surface area (Å²) in [5.41, 5.74) is 0.504. The Bertz CT molecular complexity index is 463. The Labute approximate surface area is 121 Å². The summed E-state index contributed by atoms with van der Waals surface area (Å²) in [5.74, 6) is -0.920. The van der Waals surface area contributed by atoms with E-state index in [1.54, 1.807) is 0 Å². The summed E-state index contributed by atoms with van der Waals surface area (Å²) in [6.07, 6.45) is -14.1. The van der Waals surface area contributed by atoms with Crippen LogP contribution in [0, 0.1) is 0 Å². The van der Waals surface area contributed by atoms with E-state index in [0.717, 1.165) is 6.20 Å². The minimum atomic E-state index is -5.62. The van der Waals surface area contributed by atoms with Gasteiger partial charge in [-0.25, -0.2) is 4.98 Å². The predicted molar refractivity (Wildman–Crippen MR) is 63.2 cm³/mol. The molecule has 1 aromatic heterocycles. The second kappa shape index (κ2) is 6.69. The van der Waals surface area contributed by atoms with Crippen molar-refractivity contribution in [2.75, 3.05) is 6.54 Å². The SMILES string of the molecule is CCNCc1cnc(OC(C(F)(F)F)C(F)(F)F)c(Cl)c1. The Kier molecular flexibility index (Phi) is 5.68. The predicted octanol–water partition coefficient (Wildman–Crippen LogP) is 3.72. The number of aromatic nitrogens is 1. The van der Waals surface area contributed by atoms with E-state index < -0.39 is 29.4 Å². The fourth-order valence-electron chi connectivity index (χ4n) is 1.35. The van der Waals surface area contributed by atoms with Crippen molar-refractivity contribution in [1.29, 1.82) is 0 Å². The van der Waals surface area contributed by atoms with Gasteiger partial charge in [0, 0.05) is 12.7 Å². The van der Waals surface area contributed by atoms with Crippen molar-refractivity contribution >= 4 is 11.6 Å². The van der Waals surface area contributed by atoms with Crippen molar-refractivity contribution < 1.29 is 31.1 Å². The van der Waals surface area contributed by atoms with Crippen LogP contribution >= 0.6 is 11.6 Å². The summed E-state index contributed by atoms with van der Waals surface area (Å²) in [6.45, 7) is 2.77. The highest BCUT2D eigenvalue weighted by Gasteiger charge is 2.59. The molecule has 0 atom stereocenters. The number of halogens is 7. The van der Waals surface area contributed by atoms with Crippen LogP contribution in [0.2, 0.25) is 5.02 Å². The molecule has 1 N–H and O–H groups in total. The molecule has 10 heteroatoms. The van der Waals surface area contributed by atoms with E-state index in [-0.39, 0.29) is 0 Å². The zero-order chi connectivity index (χ0) is 16.3. The van der Waals surface area contributed by atoms with Crippen molar-refractivity contribution in [2.45, 2.75) is 31.9 Å². The van der Waals surface area contributed by atoms with Crippen LogP contribution in [0.5, 0.6) is 5.88 Å². The summed E-state index contributed by atoms with van der Waals surface area (Å²) in [7, 11) is 0. The van der Waals surface area contributed by atoms with E-state index in [1.807, 2.05) is 6.92 Å². The monoisotopic (exact) mass is 336 g/mol. The molecular weight excluding hydrogens is 326 g/mol. The number of rotatable bonds is 5. The highest BCUT2D eigenvalue weighted by atomic mass is 35.5. The minimum absolute atomic E-state index is 0.325. The first-order chi connectivity index (χ1) is 9.55. The summed E-state index contributed by atoms with van der Waals surface area (Å²) in [5, 5.41) is 2.47. The van der Waals surface area contributed by atoms with E-state index in [1.165, 1.54) is 6.07 Å². The molecule has 0 fully saturated rings. The van der Waals surface area contributed by atoms with Crippen LogP contribution in [-0.2, 0) is 6.54 Å². The van der Waals surface area contributed by atoms with Crippen LogP contribution in [0.3, 0.4) is 0 Å². The Morgan fingerprint density at radius 2 is 1.81 bits per heavy atom. The van der Waals surface area contributed by atoms with Gasteiger partial charge in [-0.1, -0.05) is 18.5 Å². The molecular formula is C11H11ClF6N2O. The Hall–Kier alpha value is -1.22. The first-order valence-electron chi connectivity index (χ1n) is 5.71. The van der Waals surface area contributed by atoms with Crippen molar-refractivity contribution in [3.05, 3.63) is 22.8 Å². The van der Waals surface area contributed by atoms with Crippen LogP contribution < -0.4 is 10.1 Å². The maximum absolute atomic E-state index is 12.4. The van der Waals surface area contributed by atoms with Gasteiger partial charge in [0.05, 0.1) is 0 Å². The minimum Gasteiger partial charge on any atom is -0.454 e. The molecule has 0 saturated heterocycles. The standard InChI is InChI=1S/C11H11ClF6N2O/c1-2-19-4-6-3-7(12)8(20-5-6)21-9(10(13,14)15)11(16,17)18/h3,5,9,19H,2,4H2,1H3. The number of nitrogens with zero attached hydrogens (tertiary/aromatic N) is 1. The zero-order valence-corrected chi connectivity index (χ0v) is 11.4. The number of nitrogens with one attached hydrogen (secondary N) is 1. The van der Waals surface area contributed by atoms with Crippen LogP contribution in [0.15, 0.2) is 12.3 Å². The molecule has 0 aliphatic rings. The molecule has 3 nitrogen and oxygen atoms in total. The van der Waals surface area contributed by atoms with Gasteiger partial charge in [0.2, 0.25) is 5.88 Å². The van der Waals surface area contributed by atoms with Gasteiger partial charge in [-0.05, 0) is 18.2 Å². The molecule has 0 amide bonds. The van der Waals surface area contributed by atoms with Crippen LogP contribution in [0.25, 0.3) is 0 Å². The van der Waals surface area contributed by atoms with Crippen LogP contribution in [0.4, 0.5) is 26.3 Å². The lowest BCUT2D eigenvalue weighted by Gasteiger charge is -2.23. The molecule has 21 heavy (non-hydrogen) atoms. The molecule has 1 rings (SSSR count). The van der Waals surface area contributed by atoms with Gasteiger partial charge in [-0.15, -0.1) is 0 Å². The fraction of sp³-hybridized carbons (Fsp3) is 0.545. The van der Waals surface area contributed by atoms with Gasteiger partial charge in [-0.3, -0.25) is 0 Å². The summed E-state index contributed by atoms with van der Waals surface area (Å²) in [6, 6.07) is 1.19. The van der Waals surface area contributed by atoms with Gasteiger partial charge in [0.15, 0.2) is 0 Å². The van der Waals surface area contributed by atoms with Gasteiger partial charge in [0.25, 0.3) is 6.10 Å². The van der Waals surface area contributed by atoms with E-state index in [9.17, 15) is 26.3 Å². The number of hydrogen-bond acceptors (Lipinski definition) is 3. The van der Waals surface area contributed by atoms with Crippen molar-refractivity contribution in [3.8, 4) is 5.88 Å². The maximum Gasteiger partial charge on any atom is 0.434 e. The summed E-state index contributed by atoms with van der Waals surface area (Å²) in [4.78, 5) is 3.40. The van der Waals surface area contributed by atoms with Crippen molar-refractivity contribution in [2.24, 2.45) is 0 Å². The second-order valence-electron chi connectivity index (χ2n) is 3.99. The lowest BCUT2D eigenvalue weighted by atomic mass is 10.3. The van der Waals surface area contributed by atoms with E-state index in [0.29, 0.717) is 18.7 Å². The van der Waals surface area contributed by atoms with Crippen molar-refractivity contribution in [1.82, 2.24) is 10.3 Å². The summed E-state index contributed by atoms with van der Waals surface area (Å²) < 4.78 is 78.0. The number of alkyl halides is 6. The lowest BCUT2D eigenvalue weighted by Crippen LogP contribution is -2.46. The molecule has 120 valence electrons. The van der Waals surface area contributed by atoms with Gasteiger partial charge in [0.1, 0.15) is 5.02 Å². The van der Waals surface area contributed by atoms with Crippen LogP contribution in [0.1, 0.15) is 12.5 Å². The fourth-order valence-corrected chi connectivity index (χ4v) is 1.58. The molecule has 1 heterocycles. The normalized spacial score (nSPS) is 12.8. The lowest BCUT2D eigenvalue weighted by molar-refractivity contribution is -0.300. The molecule has 0 saturated carbocycles. The Balaban J connectivity index is 2.95. The maximum atomic E-state index is 12.4. The third-order valence-electron chi connectivity index (χ3n) is 2.27. The molecule has 0 radical (unpaired) electrons. The topological polar surface area (TPSA) is 34.2 Å². The molecule has 0 aliphatic heterocycles. The Morgan fingerprint density at radius 3 is 2.24 bits per heavy atom. The number of pyridine rings is 1. The molecule has 1 aromatic rings. The largest absolute Gasteiger partial charge is 0.454 e. The highest BCUT2D eigenvalue weighted by Crippen LogP contribution is 2.37. The zero-order valence-electron chi connectivity index (χ0n) is 10.6. The average Bonchev–Trinajstić information content (AvgIpc) is 2.32. The molecule has 0 aliphatic carbocycles. The molecule has 0 unspecified atom stereocenters. The smallest absolute Gasteiger partial charge is 0.434 e. The quantitative estimate of drug-likeness (QED) is 0.832. The average molecular weight is 337 g/mol. The van der Waals surface area contributed by atoms with E-state index in [4.69, 9.17) is 11.6 Å². The van der Waals surface area contributed by atoms with Crippen molar-refractivity contribution in [3.63, 3.8) is 0 Å². The number of hydrogen-bond donors (Lipinski definition) is 1. The Morgan fingerprint density at radius 1 is 1.24 bits per heavy atom. The molecule has 0 aromatic carbocycles. The van der Waals surface area contributed by atoms with Gasteiger partial charge < -0.3 is 10.1 Å². The highest BCUT2D eigenvalue weighted by molar-refractivity contribution is 6.31. The van der Waals surface area contributed by atoms with Gasteiger partial charge in [-0.2, -0.15) is 26.3 Å².